The van der Waals surface area contributed by atoms with Gasteiger partial charge in [-0.3, -0.25) is 9.36 Å². The molecule has 4 nitrogen and oxygen atoms in total. The molecule has 0 fully saturated rings. The van der Waals surface area contributed by atoms with Gasteiger partial charge in [-0.15, -0.1) is 0 Å². The molecule has 0 spiro atoms. The highest BCUT2D eigenvalue weighted by atomic mass is 79.9. The summed E-state index contributed by atoms with van der Waals surface area (Å²) < 4.78 is 1.56. The summed E-state index contributed by atoms with van der Waals surface area (Å²) in [6.45, 7) is 0.439. The maximum Gasteiger partial charge on any atom is 0.328 e. The molecule has 13 heavy (non-hydrogen) atoms. The molecule has 0 saturated carbocycles. The van der Waals surface area contributed by atoms with Crippen molar-refractivity contribution in [2.75, 3.05) is 12.0 Å². The molecule has 6 heteroatoms. The zero-order valence-electron chi connectivity index (χ0n) is 7.04. The Morgan fingerprint density at radius 3 is 2.92 bits per heavy atom. The van der Waals surface area contributed by atoms with Crippen LogP contribution in [-0.4, -0.2) is 21.6 Å². The van der Waals surface area contributed by atoms with Gasteiger partial charge in [-0.2, -0.15) is 11.8 Å². The van der Waals surface area contributed by atoms with E-state index in [9.17, 15) is 9.59 Å². The Morgan fingerprint density at radius 2 is 2.31 bits per heavy atom. The number of thioether (sulfide) groups is 1. The molecule has 0 aliphatic carbocycles. The normalized spacial score (nSPS) is 10.3. The quantitative estimate of drug-likeness (QED) is 0.873. The predicted molar refractivity (Wildman–Crippen MR) is 57.4 cm³/mol. The van der Waals surface area contributed by atoms with Gasteiger partial charge in [-0.25, -0.2) is 4.79 Å². The van der Waals surface area contributed by atoms with Gasteiger partial charge in [0.15, 0.2) is 0 Å². The highest BCUT2D eigenvalue weighted by molar-refractivity contribution is 9.10. The topological polar surface area (TPSA) is 54.9 Å². The standard InChI is InChI=1S/C7H9BrN2O2S/c1-13-3-2-10-6(11)5(8)4-9-7(10)12/h4H,2-3H2,1H3,(H,9,12). The van der Waals surface area contributed by atoms with Crippen molar-refractivity contribution in [2.45, 2.75) is 6.54 Å². The van der Waals surface area contributed by atoms with Crippen LogP contribution in [0.5, 0.6) is 0 Å². The third-order valence-electron chi connectivity index (χ3n) is 1.54. The van der Waals surface area contributed by atoms with Crippen LogP contribution in [0.25, 0.3) is 0 Å². The average molecular weight is 265 g/mol. The van der Waals surface area contributed by atoms with Crippen LogP contribution in [0.3, 0.4) is 0 Å². The van der Waals surface area contributed by atoms with Gasteiger partial charge in [0.2, 0.25) is 0 Å². The first kappa shape index (κ1) is 10.6. The van der Waals surface area contributed by atoms with Gasteiger partial charge in [-0.1, -0.05) is 0 Å². The van der Waals surface area contributed by atoms with Gasteiger partial charge in [-0.05, 0) is 22.2 Å². The molecule has 0 saturated heterocycles. The number of halogens is 1. The van der Waals surface area contributed by atoms with Crippen LogP contribution in [0.2, 0.25) is 0 Å². The number of hydrogen-bond acceptors (Lipinski definition) is 3. The molecule has 0 amide bonds. The van der Waals surface area contributed by atoms with Crippen molar-refractivity contribution >= 4 is 27.7 Å². The molecule has 1 aromatic heterocycles. The van der Waals surface area contributed by atoms with E-state index in [1.807, 2.05) is 6.26 Å². The van der Waals surface area contributed by atoms with Crippen LogP contribution in [-0.2, 0) is 6.54 Å². The Hall–Kier alpha value is -0.490. The fraction of sp³-hybridized carbons (Fsp3) is 0.429. The minimum absolute atomic E-state index is 0.280. The molecule has 0 unspecified atom stereocenters. The van der Waals surface area contributed by atoms with Crippen molar-refractivity contribution in [3.63, 3.8) is 0 Å². The summed E-state index contributed by atoms with van der Waals surface area (Å²) in [5, 5.41) is 0. The van der Waals surface area contributed by atoms with Gasteiger partial charge in [0, 0.05) is 18.5 Å². The van der Waals surface area contributed by atoms with E-state index in [1.54, 1.807) is 11.8 Å². The average Bonchev–Trinajstić information content (AvgIpc) is 2.12. The number of nitrogens with one attached hydrogen (secondary N) is 1. The minimum atomic E-state index is -0.359. The van der Waals surface area contributed by atoms with Gasteiger partial charge >= 0.3 is 5.69 Å². The summed E-state index contributed by atoms with van der Waals surface area (Å²) >= 11 is 4.65. The summed E-state index contributed by atoms with van der Waals surface area (Å²) in [6, 6.07) is 0. The lowest BCUT2D eigenvalue weighted by Gasteiger charge is -2.02. The lowest BCUT2D eigenvalue weighted by atomic mass is 10.6. The van der Waals surface area contributed by atoms with Crippen LogP contribution in [0.4, 0.5) is 0 Å². The highest BCUT2D eigenvalue weighted by Gasteiger charge is 2.03. The van der Waals surface area contributed by atoms with Crippen LogP contribution in [0, 0.1) is 0 Å². The summed E-state index contributed by atoms with van der Waals surface area (Å²) in [5.41, 5.74) is -0.639. The minimum Gasteiger partial charge on any atom is -0.313 e. The lowest BCUT2D eigenvalue weighted by Crippen LogP contribution is -2.35. The van der Waals surface area contributed by atoms with E-state index in [-0.39, 0.29) is 11.2 Å². The molecular weight excluding hydrogens is 256 g/mol. The summed E-state index contributed by atoms with van der Waals surface area (Å²) in [5.74, 6) is 0.749. The van der Waals surface area contributed by atoms with Crippen LogP contribution in [0.1, 0.15) is 0 Å². The number of H-pyrrole nitrogens is 1. The third kappa shape index (κ3) is 2.47. The van der Waals surface area contributed by atoms with E-state index in [1.165, 1.54) is 10.8 Å². The third-order valence-corrected chi connectivity index (χ3v) is 2.69. The van der Waals surface area contributed by atoms with E-state index < -0.39 is 0 Å². The second kappa shape index (κ2) is 4.66. The van der Waals surface area contributed by atoms with E-state index in [4.69, 9.17) is 0 Å². The van der Waals surface area contributed by atoms with Crippen molar-refractivity contribution in [3.8, 4) is 0 Å². The van der Waals surface area contributed by atoms with E-state index in [0.29, 0.717) is 11.0 Å². The van der Waals surface area contributed by atoms with Crippen LogP contribution in [0.15, 0.2) is 20.3 Å². The fourth-order valence-electron chi connectivity index (χ4n) is 0.872. The number of aromatic amines is 1. The molecule has 0 atom stereocenters. The Balaban J connectivity index is 3.11. The molecule has 0 aliphatic rings. The van der Waals surface area contributed by atoms with Crippen molar-refractivity contribution < 1.29 is 0 Å². The van der Waals surface area contributed by atoms with E-state index >= 15 is 0 Å². The molecule has 1 heterocycles. The van der Waals surface area contributed by atoms with Gasteiger partial charge in [0.25, 0.3) is 5.56 Å². The first-order valence-corrected chi connectivity index (χ1v) is 5.82. The first-order chi connectivity index (χ1) is 6.16. The lowest BCUT2D eigenvalue weighted by molar-refractivity contribution is 0.675. The fourth-order valence-corrected chi connectivity index (χ4v) is 1.57. The zero-order valence-corrected chi connectivity index (χ0v) is 9.44. The Morgan fingerprint density at radius 1 is 1.62 bits per heavy atom. The van der Waals surface area contributed by atoms with Crippen molar-refractivity contribution in [3.05, 3.63) is 31.5 Å². The van der Waals surface area contributed by atoms with Crippen molar-refractivity contribution in [1.29, 1.82) is 0 Å². The molecule has 72 valence electrons. The van der Waals surface area contributed by atoms with E-state index in [0.717, 1.165) is 5.75 Å². The zero-order chi connectivity index (χ0) is 9.84. The number of nitrogens with zero attached hydrogens (tertiary/aromatic N) is 1. The Bertz CT molecular complexity index is 398. The van der Waals surface area contributed by atoms with Gasteiger partial charge < -0.3 is 4.98 Å². The molecule has 1 aromatic rings. The van der Waals surface area contributed by atoms with Gasteiger partial charge in [0.05, 0.1) is 4.47 Å². The number of hydrogen-bond donors (Lipinski definition) is 1. The molecule has 0 aromatic carbocycles. The van der Waals surface area contributed by atoms with Gasteiger partial charge in [0.1, 0.15) is 0 Å². The first-order valence-electron chi connectivity index (χ1n) is 3.63. The molecule has 1 rings (SSSR count). The van der Waals surface area contributed by atoms with Crippen LogP contribution >= 0.6 is 27.7 Å². The summed E-state index contributed by atoms with van der Waals surface area (Å²) in [7, 11) is 0. The number of aromatic nitrogens is 2. The second-order valence-electron chi connectivity index (χ2n) is 2.39. The van der Waals surface area contributed by atoms with Crippen LogP contribution < -0.4 is 11.2 Å². The smallest absolute Gasteiger partial charge is 0.313 e. The molecule has 0 radical (unpaired) electrons. The predicted octanol–water partition coefficient (Wildman–Crippen LogP) is 0.662. The Labute approximate surface area is 87.5 Å². The van der Waals surface area contributed by atoms with Crippen molar-refractivity contribution in [1.82, 2.24) is 9.55 Å². The monoisotopic (exact) mass is 264 g/mol. The maximum absolute atomic E-state index is 11.4. The second-order valence-corrected chi connectivity index (χ2v) is 4.23. The Kier molecular flexibility index (Phi) is 3.80. The number of rotatable bonds is 3. The molecular formula is C7H9BrN2O2S. The van der Waals surface area contributed by atoms with E-state index in [2.05, 4.69) is 20.9 Å². The molecule has 0 bridgehead atoms. The van der Waals surface area contributed by atoms with Crippen molar-refractivity contribution in [2.24, 2.45) is 0 Å². The molecule has 0 aliphatic heterocycles. The summed E-state index contributed by atoms with van der Waals surface area (Å²) in [6.07, 6.45) is 3.29. The highest BCUT2D eigenvalue weighted by Crippen LogP contribution is 1.97. The SMILES string of the molecule is CSCCn1c(=O)[nH]cc(Br)c1=O. The maximum atomic E-state index is 11.4. The largest absolute Gasteiger partial charge is 0.328 e. The molecule has 1 N–H and O–H groups in total. The summed E-state index contributed by atoms with van der Waals surface area (Å²) in [4.78, 5) is 25.0.